The lowest BCUT2D eigenvalue weighted by atomic mass is 9.82. The quantitative estimate of drug-likeness (QED) is 0.0205. The number of nitrogens with zero attached hydrogens (tertiary/aromatic N) is 2. The summed E-state index contributed by atoms with van der Waals surface area (Å²) >= 11 is 2.11. The Morgan fingerprint density at radius 2 is 0.846 bits per heavy atom. The van der Waals surface area contributed by atoms with Crippen LogP contribution in [-0.4, -0.2) is 87.3 Å². The highest BCUT2D eigenvalue weighted by Crippen LogP contribution is 2.59. The zero-order chi connectivity index (χ0) is 56.0. The summed E-state index contributed by atoms with van der Waals surface area (Å²) in [6, 6.07) is 20.3. The van der Waals surface area contributed by atoms with Crippen molar-refractivity contribution < 1.29 is 85.8 Å². The van der Waals surface area contributed by atoms with Gasteiger partial charge in [-0.2, -0.15) is 10.5 Å². The van der Waals surface area contributed by atoms with E-state index in [1.807, 2.05) is 12.1 Å². The number of benzene rings is 3. The Balaban J connectivity index is 0.923. The first-order chi connectivity index (χ1) is 37.7. The molecule has 0 saturated heterocycles. The average molecular weight is 1110 g/mol. The highest BCUT2D eigenvalue weighted by Gasteiger charge is 2.37. The Kier molecular flexibility index (Phi) is 22.9. The summed E-state index contributed by atoms with van der Waals surface area (Å²) in [5.41, 5.74) is 1.49. The molecule has 6 rings (SSSR count). The van der Waals surface area contributed by atoms with Crippen LogP contribution in [-0.2, 0) is 79.7 Å². The summed E-state index contributed by atoms with van der Waals surface area (Å²) in [6.45, 7) is 3.16. The van der Waals surface area contributed by atoms with E-state index in [-0.39, 0.29) is 69.2 Å². The van der Waals surface area contributed by atoms with E-state index in [1.54, 1.807) is 48.5 Å². The van der Waals surface area contributed by atoms with Crippen molar-refractivity contribution in [3.8, 4) is 35.1 Å². The van der Waals surface area contributed by atoms with Gasteiger partial charge in [-0.15, -0.1) is 0 Å². The smallest absolute Gasteiger partial charge is 0.330 e. The molecule has 3 aliphatic rings. The van der Waals surface area contributed by atoms with E-state index >= 15 is 0 Å². The molecule has 22 heteroatoms. The molecular weight excluding hydrogens is 1050 g/mol. The molecule has 3 aromatic carbocycles. The lowest BCUT2D eigenvalue weighted by molar-refractivity contribution is -0.152. The van der Waals surface area contributed by atoms with Crippen molar-refractivity contribution in [1.82, 2.24) is 0 Å². The van der Waals surface area contributed by atoms with Crippen molar-refractivity contribution in [2.45, 2.75) is 99.7 Å². The van der Waals surface area contributed by atoms with Crippen molar-refractivity contribution in [1.29, 1.82) is 10.5 Å². The molecule has 20 nitrogen and oxygen atoms in total. The number of hydrogen-bond donors (Lipinski definition) is 0. The van der Waals surface area contributed by atoms with Crippen LogP contribution < -0.4 is 18.9 Å². The highest BCUT2D eigenvalue weighted by molar-refractivity contribution is 8.24. The number of esters is 9. The normalized spacial score (nSPS) is 17.2. The molecule has 0 bridgehead atoms. The third-order valence-corrected chi connectivity index (χ3v) is 15.3. The summed E-state index contributed by atoms with van der Waals surface area (Å²) in [7, 11) is 1.24. The van der Waals surface area contributed by atoms with Crippen molar-refractivity contribution in [3.05, 3.63) is 94.3 Å². The van der Waals surface area contributed by atoms with Gasteiger partial charge in [-0.25, -0.2) is 4.79 Å². The van der Waals surface area contributed by atoms with Crippen molar-refractivity contribution >= 4 is 77.2 Å². The zero-order valence-corrected chi connectivity index (χ0v) is 44.3. The molecule has 0 aromatic heterocycles. The van der Waals surface area contributed by atoms with Gasteiger partial charge < -0.3 is 42.6 Å². The highest BCUT2D eigenvalue weighted by atomic mass is 32.2. The molecule has 0 spiro atoms. The minimum absolute atomic E-state index is 0.0563. The number of carbonyl (C=O) groups is 9. The lowest BCUT2D eigenvalue weighted by Crippen LogP contribution is -2.30. The zero-order valence-electron chi connectivity index (χ0n) is 42.7. The number of thioether (sulfide) groups is 2. The molecule has 0 radical (unpaired) electrons. The SMILES string of the molecule is C=CC(=O)OCCOC(=O)CCC(=O)OCCc1ccc(OC(=O)C2CCC(C(=O)Oc3ccc(OC(=O)C4CCC(C(=O)Oc5ccc(CCOC(=O)CCC(=O)OC)cc5)CC4)c4c3SC(=C(C#N)C#N)S4)CC2)cc1. The van der Waals surface area contributed by atoms with Crippen LogP contribution in [0.5, 0.6) is 23.0 Å². The first-order valence-electron chi connectivity index (χ1n) is 25.1. The molecule has 2 aliphatic carbocycles. The Morgan fingerprint density at radius 1 is 0.500 bits per heavy atom. The standard InChI is InChI=1S/C56H56N2O18S2/c1-3-45(59)71-30-31-72-49(63)25-24-48(62)70-29-27-35-6-18-42(19-7-35)74-53(65)37-10-14-39(15-11-37)55(67)76-44-21-20-43(50-51(44)78-56(77-50)40(32-57)33-58)75-54(66)38-12-8-36(9-13-38)52(64)73-41-16-4-34(5-17-41)26-28-69-47(61)23-22-46(60)68-2/h3-7,16-21,36-39H,1,8-15,22-31H2,2H3. The number of ether oxygens (including phenoxy) is 9. The number of hydrogen-bond acceptors (Lipinski definition) is 22. The van der Waals surface area contributed by atoms with Crippen LogP contribution in [0.2, 0.25) is 0 Å². The molecule has 0 atom stereocenters. The van der Waals surface area contributed by atoms with Crippen molar-refractivity contribution in [2.75, 3.05) is 33.5 Å². The number of carbonyl (C=O) groups excluding carboxylic acids is 9. The third kappa shape index (κ3) is 18.1. The maximum Gasteiger partial charge on any atom is 0.330 e. The number of methoxy groups -OCH3 is 1. The second-order valence-corrected chi connectivity index (χ2v) is 20.3. The molecule has 0 unspecified atom stereocenters. The molecular formula is C56H56N2O18S2. The fraction of sp³-hybridized carbons (Fsp3) is 0.411. The van der Waals surface area contributed by atoms with Gasteiger partial charge in [-0.05, 0) is 98.9 Å². The van der Waals surface area contributed by atoms with Gasteiger partial charge in [-0.1, -0.05) is 54.4 Å². The van der Waals surface area contributed by atoms with Crippen LogP contribution in [0.25, 0.3) is 0 Å². The second kappa shape index (κ2) is 30.1. The molecule has 0 N–H and O–H groups in total. The van der Waals surface area contributed by atoms with Crippen molar-refractivity contribution in [3.63, 3.8) is 0 Å². The maximum atomic E-state index is 13.6. The Bertz CT molecular complexity index is 2820. The molecule has 2 saturated carbocycles. The third-order valence-electron chi connectivity index (χ3n) is 12.7. The summed E-state index contributed by atoms with van der Waals surface area (Å²) in [5.74, 6) is -5.78. The van der Waals surface area contributed by atoms with Gasteiger partial charge in [0.25, 0.3) is 0 Å². The van der Waals surface area contributed by atoms with E-state index in [0.29, 0.717) is 89.7 Å². The number of nitriles is 2. The average Bonchev–Trinajstić information content (AvgIpc) is 3.94. The van der Waals surface area contributed by atoms with Crippen molar-refractivity contribution in [2.24, 2.45) is 23.7 Å². The van der Waals surface area contributed by atoms with E-state index in [9.17, 15) is 53.7 Å². The van der Waals surface area contributed by atoms with Crippen LogP contribution in [0, 0.1) is 46.3 Å². The predicted molar refractivity (Wildman–Crippen MR) is 275 cm³/mol. The largest absolute Gasteiger partial charge is 0.469 e. The summed E-state index contributed by atoms with van der Waals surface area (Å²) in [5, 5.41) is 19.3. The first-order valence-corrected chi connectivity index (χ1v) is 26.7. The van der Waals surface area contributed by atoms with Gasteiger partial charge in [0.05, 0.1) is 83.7 Å². The van der Waals surface area contributed by atoms with E-state index in [1.165, 1.54) is 19.2 Å². The number of allylic oxidation sites excluding steroid dienone is 1. The molecule has 2 fully saturated rings. The fourth-order valence-corrected chi connectivity index (χ4v) is 10.8. The molecule has 1 aliphatic heterocycles. The number of fused-ring (bicyclic) bond motifs is 1. The lowest BCUT2D eigenvalue weighted by Gasteiger charge is -2.26. The van der Waals surface area contributed by atoms with Crippen LogP contribution >= 0.6 is 23.5 Å². The van der Waals surface area contributed by atoms with Gasteiger partial charge in [0.15, 0.2) is 0 Å². The maximum absolute atomic E-state index is 13.6. The predicted octanol–water partition coefficient (Wildman–Crippen LogP) is 7.96. The molecule has 0 amide bonds. The number of rotatable bonds is 24. The minimum atomic E-state index is -0.641. The van der Waals surface area contributed by atoms with E-state index in [2.05, 4.69) is 11.3 Å². The van der Waals surface area contributed by atoms with Gasteiger partial charge in [0.2, 0.25) is 0 Å². The van der Waals surface area contributed by atoms with E-state index in [4.69, 9.17) is 37.9 Å². The Hall–Kier alpha value is -7.95. The molecule has 1 heterocycles. The summed E-state index contributed by atoms with van der Waals surface area (Å²) in [6.07, 6.45) is 4.17. The summed E-state index contributed by atoms with van der Waals surface area (Å²) < 4.78 is 48.0. The van der Waals surface area contributed by atoms with Crippen LogP contribution in [0.4, 0.5) is 0 Å². The fourth-order valence-electron chi connectivity index (χ4n) is 8.31. The van der Waals surface area contributed by atoms with Crippen LogP contribution in [0.3, 0.4) is 0 Å². The minimum Gasteiger partial charge on any atom is -0.469 e. The van der Waals surface area contributed by atoms with E-state index in [0.717, 1.165) is 40.7 Å². The Labute approximate surface area is 458 Å². The summed E-state index contributed by atoms with van der Waals surface area (Å²) in [4.78, 5) is 112. The molecule has 3 aromatic rings. The first kappa shape index (κ1) is 59.3. The van der Waals surface area contributed by atoms with Gasteiger partial charge in [0, 0.05) is 18.9 Å². The molecule has 410 valence electrons. The van der Waals surface area contributed by atoms with Gasteiger partial charge in [0.1, 0.15) is 53.9 Å². The Morgan fingerprint density at radius 3 is 1.21 bits per heavy atom. The van der Waals surface area contributed by atoms with Crippen LogP contribution in [0.1, 0.15) is 88.2 Å². The second-order valence-electron chi connectivity index (χ2n) is 18.0. The van der Waals surface area contributed by atoms with E-state index < -0.39 is 77.4 Å². The van der Waals surface area contributed by atoms with Crippen LogP contribution in [0.15, 0.2) is 92.9 Å². The molecule has 78 heavy (non-hydrogen) atoms. The van der Waals surface area contributed by atoms with Gasteiger partial charge >= 0.3 is 53.7 Å². The van der Waals surface area contributed by atoms with Gasteiger partial charge in [-0.3, -0.25) is 38.4 Å². The topological polar surface area (TPSA) is 284 Å². The monoisotopic (exact) mass is 1110 g/mol.